The second kappa shape index (κ2) is 6.45. The Balaban J connectivity index is 0.00000200. The first-order valence-electron chi connectivity index (χ1n) is 5.99. The van der Waals surface area contributed by atoms with Crippen LogP contribution in [0.5, 0.6) is 0 Å². The number of rotatable bonds is 3. The summed E-state index contributed by atoms with van der Waals surface area (Å²) in [4.78, 5) is 10.8. The quantitative estimate of drug-likeness (QED) is 0.902. The van der Waals surface area contributed by atoms with E-state index in [1.807, 2.05) is 0 Å². The lowest BCUT2D eigenvalue weighted by molar-refractivity contribution is -0.139. The van der Waals surface area contributed by atoms with Crippen LogP contribution in [0.15, 0.2) is 24.3 Å². The number of carbonyl (C=O) groups is 1. The summed E-state index contributed by atoms with van der Waals surface area (Å²) in [6.45, 7) is 0.434. The molecule has 0 amide bonds. The van der Waals surface area contributed by atoms with Crippen molar-refractivity contribution in [2.24, 2.45) is 5.92 Å². The van der Waals surface area contributed by atoms with Crippen molar-refractivity contribution in [2.75, 3.05) is 6.54 Å². The summed E-state index contributed by atoms with van der Waals surface area (Å²) in [7, 11) is 0. The van der Waals surface area contributed by atoms with Crippen LogP contribution in [0.4, 0.5) is 13.2 Å². The number of aliphatic carboxylic acids is 1. The number of nitrogens with one attached hydrogen (secondary N) is 1. The molecule has 1 fully saturated rings. The molecule has 1 aromatic rings. The van der Waals surface area contributed by atoms with Crippen LogP contribution in [0.2, 0.25) is 0 Å². The van der Waals surface area contributed by atoms with Gasteiger partial charge in [-0.1, -0.05) is 18.2 Å². The molecule has 3 nitrogen and oxygen atoms in total. The van der Waals surface area contributed by atoms with Gasteiger partial charge in [-0.05, 0) is 36.9 Å². The molecule has 0 aromatic heterocycles. The topological polar surface area (TPSA) is 49.3 Å². The normalized spacial score (nSPS) is 22.4. The molecule has 1 aliphatic rings. The summed E-state index contributed by atoms with van der Waals surface area (Å²) in [5, 5.41) is 11.6. The van der Waals surface area contributed by atoms with Crippen molar-refractivity contribution < 1.29 is 23.1 Å². The van der Waals surface area contributed by atoms with E-state index in [0.29, 0.717) is 13.0 Å². The smallest absolute Gasteiger partial charge is 0.416 e. The molecular formula is C13H15ClF3NO2. The molecule has 0 saturated carbocycles. The van der Waals surface area contributed by atoms with Crippen molar-refractivity contribution in [3.05, 3.63) is 35.4 Å². The van der Waals surface area contributed by atoms with Crippen LogP contribution in [-0.2, 0) is 17.4 Å². The molecular weight excluding hydrogens is 295 g/mol. The van der Waals surface area contributed by atoms with E-state index in [2.05, 4.69) is 5.32 Å². The van der Waals surface area contributed by atoms with Crippen molar-refractivity contribution in [1.82, 2.24) is 5.32 Å². The molecule has 1 aromatic carbocycles. The highest BCUT2D eigenvalue weighted by Crippen LogP contribution is 2.33. The van der Waals surface area contributed by atoms with E-state index in [1.54, 1.807) is 6.07 Å². The summed E-state index contributed by atoms with van der Waals surface area (Å²) in [5.41, 5.74) is -0.401. The molecule has 0 bridgehead atoms. The zero-order valence-electron chi connectivity index (χ0n) is 10.5. The highest BCUT2D eigenvalue weighted by atomic mass is 35.5. The summed E-state index contributed by atoms with van der Waals surface area (Å²) in [6, 6.07) is 4.80. The monoisotopic (exact) mass is 309 g/mol. The van der Waals surface area contributed by atoms with Gasteiger partial charge in [0.05, 0.1) is 5.56 Å². The molecule has 0 radical (unpaired) electrons. The minimum Gasteiger partial charge on any atom is -0.480 e. The lowest BCUT2D eigenvalue weighted by atomic mass is 9.93. The number of carboxylic acid groups (broad SMARTS) is 1. The van der Waals surface area contributed by atoms with E-state index in [1.165, 1.54) is 12.1 Å². The second-order valence-electron chi connectivity index (χ2n) is 4.76. The molecule has 0 aliphatic carbocycles. The minimum atomic E-state index is -4.37. The van der Waals surface area contributed by atoms with E-state index in [4.69, 9.17) is 5.11 Å². The Morgan fingerprint density at radius 1 is 1.35 bits per heavy atom. The van der Waals surface area contributed by atoms with Crippen LogP contribution >= 0.6 is 12.4 Å². The third-order valence-corrected chi connectivity index (χ3v) is 3.35. The minimum absolute atomic E-state index is 0. The van der Waals surface area contributed by atoms with Gasteiger partial charge >= 0.3 is 12.1 Å². The SMILES string of the molecule is Cl.O=C(O)C1CC(Cc2ccccc2C(F)(F)F)CN1. The van der Waals surface area contributed by atoms with Crippen molar-refractivity contribution in [3.63, 3.8) is 0 Å². The Kier molecular flexibility index (Phi) is 5.42. The molecule has 0 spiro atoms. The fraction of sp³-hybridized carbons (Fsp3) is 0.462. The van der Waals surface area contributed by atoms with Gasteiger partial charge in [-0.2, -0.15) is 13.2 Å². The first-order valence-corrected chi connectivity index (χ1v) is 5.99. The van der Waals surface area contributed by atoms with E-state index >= 15 is 0 Å². The summed E-state index contributed by atoms with van der Waals surface area (Å²) in [6.07, 6.45) is -3.76. The van der Waals surface area contributed by atoms with Gasteiger partial charge in [0.15, 0.2) is 0 Å². The van der Waals surface area contributed by atoms with Crippen LogP contribution < -0.4 is 5.32 Å². The molecule has 112 valence electrons. The van der Waals surface area contributed by atoms with Gasteiger partial charge in [0.2, 0.25) is 0 Å². The Labute approximate surface area is 120 Å². The van der Waals surface area contributed by atoms with Crippen LogP contribution in [-0.4, -0.2) is 23.7 Å². The summed E-state index contributed by atoms with van der Waals surface area (Å²) < 4.78 is 38.5. The first-order chi connectivity index (χ1) is 8.88. The maximum absolute atomic E-state index is 12.8. The number of carboxylic acids is 1. The van der Waals surface area contributed by atoms with Gasteiger partial charge in [0, 0.05) is 0 Å². The predicted octanol–water partition coefficient (Wildman–Crippen LogP) is 2.73. The average Bonchev–Trinajstić information content (AvgIpc) is 2.77. The molecule has 7 heteroatoms. The van der Waals surface area contributed by atoms with E-state index in [-0.39, 0.29) is 30.3 Å². The summed E-state index contributed by atoms with van der Waals surface area (Å²) >= 11 is 0. The van der Waals surface area contributed by atoms with Crippen molar-refractivity contribution in [1.29, 1.82) is 0 Å². The fourth-order valence-corrected chi connectivity index (χ4v) is 2.44. The molecule has 2 N–H and O–H groups in total. The fourth-order valence-electron chi connectivity index (χ4n) is 2.44. The van der Waals surface area contributed by atoms with Gasteiger partial charge in [0.1, 0.15) is 6.04 Å². The number of alkyl halides is 3. The lowest BCUT2D eigenvalue weighted by Gasteiger charge is -2.15. The largest absolute Gasteiger partial charge is 0.480 e. The molecule has 20 heavy (non-hydrogen) atoms. The third kappa shape index (κ3) is 3.86. The Morgan fingerprint density at radius 3 is 2.55 bits per heavy atom. The molecule has 1 saturated heterocycles. The average molecular weight is 310 g/mol. The van der Waals surface area contributed by atoms with Crippen LogP contribution in [0.3, 0.4) is 0 Å². The van der Waals surface area contributed by atoms with Crippen molar-refractivity contribution in [2.45, 2.75) is 25.1 Å². The lowest BCUT2D eigenvalue weighted by Crippen LogP contribution is -2.29. The zero-order valence-corrected chi connectivity index (χ0v) is 11.3. The molecule has 2 rings (SSSR count). The van der Waals surface area contributed by atoms with E-state index in [9.17, 15) is 18.0 Å². The Hall–Kier alpha value is -1.27. The third-order valence-electron chi connectivity index (χ3n) is 3.35. The highest BCUT2D eigenvalue weighted by Gasteiger charge is 2.35. The maximum Gasteiger partial charge on any atom is 0.416 e. The molecule has 1 aliphatic heterocycles. The molecule has 2 unspecified atom stereocenters. The van der Waals surface area contributed by atoms with E-state index < -0.39 is 23.8 Å². The predicted molar refractivity (Wildman–Crippen MR) is 69.9 cm³/mol. The number of hydrogen-bond donors (Lipinski definition) is 2. The van der Waals surface area contributed by atoms with Gasteiger partial charge < -0.3 is 10.4 Å². The second-order valence-corrected chi connectivity index (χ2v) is 4.76. The summed E-state index contributed by atoms with van der Waals surface area (Å²) in [5.74, 6) is -1.03. The zero-order chi connectivity index (χ0) is 14.0. The molecule has 1 heterocycles. The molecule has 2 atom stereocenters. The highest BCUT2D eigenvalue weighted by molar-refractivity contribution is 5.85. The number of halogens is 4. The van der Waals surface area contributed by atoms with Gasteiger partial charge in [-0.25, -0.2) is 0 Å². The Morgan fingerprint density at radius 2 is 2.00 bits per heavy atom. The van der Waals surface area contributed by atoms with Crippen LogP contribution in [0.1, 0.15) is 17.5 Å². The van der Waals surface area contributed by atoms with Gasteiger partial charge in [-0.15, -0.1) is 12.4 Å². The number of benzene rings is 1. The van der Waals surface area contributed by atoms with Crippen molar-refractivity contribution in [3.8, 4) is 0 Å². The Bertz CT molecular complexity index is 479. The van der Waals surface area contributed by atoms with Gasteiger partial charge in [0.25, 0.3) is 0 Å². The van der Waals surface area contributed by atoms with Crippen LogP contribution in [0, 0.1) is 5.92 Å². The van der Waals surface area contributed by atoms with E-state index in [0.717, 1.165) is 6.07 Å². The first kappa shape index (κ1) is 16.8. The van der Waals surface area contributed by atoms with Gasteiger partial charge in [-0.3, -0.25) is 4.79 Å². The number of hydrogen-bond acceptors (Lipinski definition) is 2. The maximum atomic E-state index is 12.8. The standard InChI is InChI=1S/C13H14F3NO2.ClH/c14-13(15,16)10-4-2-1-3-9(10)5-8-6-11(12(18)19)17-7-8;/h1-4,8,11,17H,5-7H2,(H,18,19);1H. The van der Waals surface area contributed by atoms with Crippen LogP contribution in [0.25, 0.3) is 0 Å². The van der Waals surface area contributed by atoms with Crippen molar-refractivity contribution >= 4 is 18.4 Å².